The van der Waals surface area contributed by atoms with Crippen LogP contribution in [0.5, 0.6) is 0 Å². The Morgan fingerprint density at radius 1 is 1.29 bits per heavy atom. The van der Waals surface area contributed by atoms with Gasteiger partial charge in [-0.25, -0.2) is 4.39 Å². The maximum absolute atomic E-state index is 13.3. The zero-order chi connectivity index (χ0) is 15.4. The first-order valence-corrected chi connectivity index (χ1v) is 7.36. The molecule has 0 aliphatic rings. The van der Waals surface area contributed by atoms with Crippen molar-refractivity contribution in [3.8, 4) is 0 Å². The van der Waals surface area contributed by atoms with Crippen molar-refractivity contribution >= 4 is 17.4 Å². The van der Waals surface area contributed by atoms with Crippen LogP contribution in [0.3, 0.4) is 0 Å². The van der Waals surface area contributed by atoms with E-state index in [2.05, 4.69) is 0 Å². The molecule has 0 aromatic heterocycles. The van der Waals surface area contributed by atoms with E-state index in [-0.39, 0.29) is 11.7 Å². The summed E-state index contributed by atoms with van der Waals surface area (Å²) in [7, 11) is 0. The summed E-state index contributed by atoms with van der Waals surface area (Å²) in [4.78, 5) is 11.1. The summed E-state index contributed by atoms with van der Waals surface area (Å²) in [5.74, 6) is -0.122. The first kappa shape index (κ1) is 15.5. The average Bonchev–Trinajstić information content (AvgIpc) is 2.45. The molecule has 0 saturated carbocycles. The van der Waals surface area contributed by atoms with Gasteiger partial charge in [-0.15, -0.1) is 11.8 Å². The Hall–Kier alpha value is -1.92. The van der Waals surface area contributed by atoms with Crippen LogP contribution in [0.25, 0.3) is 0 Å². The van der Waals surface area contributed by atoms with Gasteiger partial charge in [-0.2, -0.15) is 0 Å². The molecule has 0 radical (unpaired) electrons. The molecule has 0 aliphatic carbocycles. The molecule has 2 rings (SSSR count). The van der Waals surface area contributed by atoms with Crippen molar-refractivity contribution in [1.82, 2.24) is 0 Å². The number of nitro groups is 1. The number of benzene rings is 2. The third-order valence-electron chi connectivity index (χ3n) is 2.96. The lowest BCUT2D eigenvalue weighted by Crippen LogP contribution is -2.04. The Bertz CT molecular complexity index is 645. The Morgan fingerprint density at radius 2 is 1.95 bits per heavy atom. The Labute approximate surface area is 126 Å². The zero-order valence-corrected chi connectivity index (χ0v) is 12.3. The largest absolute Gasteiger partial charge is 0.324 e. The third-order valence-corrected chi connectivity index (χ3v) is 4.05. The molecular formula is C15H15FN2O2S. The van der Waals surface area contributed by atoms with Crippen LogP contribution in [-0.4, -0.2) is 4.92 Å². The summed E-state index contributed by atoms with van der Waals surface area (Å²) >= 11 is 1.49. The molecule has 0 fully saturated rings. The third kappa shape index (κ3) is 4.27. The van der Waals surface area contributed by atoms with E-state index in [9.17, 15) is 14.5 Å². The molecule has 21 heavy (non-hydrogen) atoms. The molecule has 0 bridgehead atoms. The molecule has 0 amide bonds. The van der Waals surface area contributed by atoms with Gasteiger partial charge < -0.3 is 5.73 Å². The minimum Gasteiger partial charge on any atom is -0.324 e. The average molecular weight is 306 g/mol. The highest BCUT2D eigenvalue weighted by Gasteiger charge is 2.10. The second-order valence-electron chi connectivity index (χ2n) is 4.72. The van der Waals surface area contributed by atoms with Crippen molar-refractivity contribution in [2.24, 2.45) is 5.73 Å². The van der Waals surface area contributed by atoms with Gasteiger partial charge >= 0.3 is 0 Å². The van der Waals surface area contributed by atoms with Gasteiger partial charge in [0.05, 0.1) is 11.0 Å². The molecular weight excluding hydrogens is 291 g/mol. The van der Waals surface area contributed by atoms with Gasteiger partial charge in [-0.3, -0.25) is 10.1 Å². The van der Waals surface area contributed by atoms with Crippen LogP contribution in [0, 0.1) is 15.9 Å². The molecule has 2 aromatic rings. The minimum atomic E-state index is -0.591. The molecule has 1 atom stereocenters. The van der Waals surface area contributed by atoms with Crippen LogP contribution in [0.2, 0.25) is 0 Å². The Balaban J connectivity index is 2.07. The monoisotopic (exact) mass is 306 g/mol. The zero-order valence-electron chi connectivity index (χ0n) is 11.5. The molecule has 0 heterocycles. The minimum absolute atomic E-state index is 0.0186. The fraction of sp³-hybridized carbons (Fsp3) is 0.200. The number of halogens is 1. The van der Waals surface area contributed by atoms with Crippen LogP contribution >= 0.6 is 11.8 Å². The summed E-state index contributed by atoms with van der Waals surface area (Å²) in [5.41, 5.74) is 7.18. The number of nitrogens with two attached hydrogens (primary N) is 1. The van der Waals surface area contributed by atoms with Crippen molar-refractivity contribution in [2.75, 3.05) is 0 Å². The summed E-state index contributed by atoms with van der Waals surface area (Å²) in [6, 6.07) is 11.4. The molecule has 2 aromatic carbocycles. The first-order chi connectivity index (χ1) is 9.95. The maximum Gasteiger partial charge on any atom is 0.272 e. The van der Waals surface area contributed by atoms with Crippen LogP contribution in [0.1, 0.15) is 24.1 Å². The standard InChI is InChI=1S/C15H15FN2O2S/c1-10(17)12-2-4-15(5-3-12)21-9-11-6-13(16)8-14(7-11)18(19)20/h2-8,10H,9,17H2,1H3. The highest BCUT2D eigenvalue weighted by atomic mass is 32.2. The molecule has 1 unspecified atom stereocenters. The first-order valence-electron chi connectivity index (χ1n) is 6.38. The molecule has 0 saturated heterocycles. The Kier molecular flexibility index (Phi) is 4.93. The number of nitrogens with zero attached hydrogens (tertiary/aromatic N) is 1. The predicted molar refractivity (Wildman–Crippen MR) is 81.7 cm³/mol. The predicted octanol–water partition coefficient (Wildman–Crippen LogP) is 4.05. The number of nitro benzene ring substituents is 1. The van der Waals surface area contributed by atoms with Gasteiger partial charge in [0.1, 0.15) is 5.82 Å². The van der Waals surface area contributed by atoms with E-state index in [1.165, 1.54) is 23.9 Å². The van der Waals surface area contributed by atoms with Crippen molar-refractivity contribution < 1.29 is 9.31 Å². The summed E-state index contributed by atoms with van der Waals surface area (Å²) in [6.07, 6.45) is 0. The van der Waals surface area contributed by atoms with Crippen molar-refractivity contribution in [3.05, 3.63) is 69.5 Å². The van der Waals surface area contributed by atoms with Gasteiger partial charge in [-0.05, 0) is 36.2 Å². The summed E-state index contributed by atoms with van der Waals surface area (Å²) in [6.45, 7) is 1.91. The van der Waals surface area contributed by atoms with E-state index in [1.54, 1.807) is 0 Å². The lowest BCUT2D eigenvalue weighted by molar-refractivity contribution is -0.385. The normalized spacial score (nSPS) is 12.1. The fourth-order valence-corrected chi connectivity index (χ4v) is 2.68. The van der Waals surface area contributed by atoms with Gasteiger partial charge in [0.25, 0.3) is 5.69 Å². The van der Waals surface area contributed by atoms with Crippen LogP contribution < -0.4 is 5.73 Å². The van der Waals surface area contributed by atoms with Gasteiger partial charge in [-0.1, -0.05) is 12.1 Å². The summed E-state index contributed by atoms with van der Waals surface area (Å²) < 4.78 is 13.3. The number of hydrogen-bond acceptors (Lipinski definition) is 4. The number of thioether (sulfide) groups is 1. The highest BCUT2D eigenvalue weighted by Crippen LogP contribution is 2.26. The van der Waals surface area contributed by atoms with E-state index in [1.807, 2.05) is 31.2 Å². The lowest BCUT2D eigenvalue weighted by atomic mass is 10.1. The SMILES string of the molecule is CC(N)c1ccc(SCc2cc(F)cc([N+](=O)[O-])c2)cc1. The van der Waals surface area contributed by atoms with Gasteiger partial charge in [0.15, 0.2) is 0 Å². The van der Waals surface area contributed by atoms with E-state index < -0.39 is 10.7 Å². The smallest absolute Gasteiger partial charge is 0.272 e. The van der Waals surface area contributed by atoms with E-state index in [0.717, 1.165) is 16.5 Å². The fourth-order valence-electron chi connectivity index (χ4n) is 1.86. The number of hydrogen-bond donors (Lipinski definition) is 1. The van der Waals surface area contributed by atoms with Crippen molar-refractivity contribution in [2.45, 2.75) is 23.6 Å². The van der Waals surface area contributed by atoms with Crippen LogP contribution in [0.15, 0.2) is 47.4 Å². The highest BCUT2D eigenvalue weighted by molar-refractivity contribution is 7.98. The van der Waals surface area contributed by atoms with Crippen molar-refractivity contribution in [1.29, 1.82) is 0 Å². The maximum atomic E-state index is 13.3. The van der Waals surface area contributed by atoms with E-state index in [4.69, 9.17) is 5.73 Å². The summed E-state index contributed by atoms with van der Waals surface area (Å²) in [5, 5.41) is 10.7. The molecule has 4 nitrogen and oxygen atoms in total. The molecule has 110 valence electrons. The number of rotatable bonds is 5. The molecule has 2 N–H and O–H groups in total. The molecule has 6 heteroatoms. The van der Waals surface area contributed by atoms with Gasteiger partial charge in [0, 0.05) is 22.8 Å². The molecule has 0 spiro atoms. The topological polar surface area (TPSA) is 69.2 Å². The quantitative estimate of drug-likeness (QED) is 0.514. The molecule has 0 aliphatic heterocycles. The Morgan fingerprint density at radius 3 is 2.52 bits per heavy atom. The lowest BCUT2D eigenvalue weighted by Gasteiger charge is -2.07. The van der Waals surface area contributed by atoms with Gasteiger partial charge in [0.2, 0.25) is 0 Å². The van der Waals surface area contributed by atoms with Crippen LogP contribution in [-0.2, 0) is 5.75 Å². The van der Waals surface area contributed by atoms with E-state index in [0.29, 0.717) is 11.3 Å². The van der Waals surface area contributed by atoms with E-state index >= 15 is 0 Å². The second kappa shape index (κ2) is 6.69. The number of non-ortho nitro benzene ring substituents is 1. The second-order valence-corrected chi connectivity index (χ2v) is 5.77. The van der Waals surface area contributed by atoms with Crippen LogP contribution in [0.4, 0.5) is 10.1 Å². The van der Waals surface area contributed by atoms with Crippen molar-refractivity contribution in [3.63, 3.8) is 0 Å².